The van der Waals surface area contributed by atoms with Gasteiger partial charge in [0.1, 0.15) is 12.4 Å². The van der Waals surface area contributed by atoms with Crippen LogP contribution in [0.5, 0.6) is 5.75 Å². The van der Waals surface area contributed by atoms with Crippen LogP contribution in [0.15, 0.2) is 36.5 Å². The van der Waals surface area contributed by atoms with Crippen LogP contribution in [0.4, 0.5) is 39.2 Å². The normalized spacial score (nSPS) is 16.2. The van der Waals surface area contributed by atoms with Gasteiger partial charge >= 0.3 is 0 Å². The quantitative estimate of drug-likeness (QED) is 0.396. The fourth-order valence-corrected chi connectivity index (χ4v) is 3.61. The predicted molar refractivity (Wildman–Crippen MR) is 133 cm³/mol. The van der Waals surface area contributed by atoms with Crippen molar-refractivity contribution in [1.29, 1.82) is 0 Å². The Labute approximate surface area is 207 Å². The summed E-state index contributed by atoms with van der Waals surface area (Å²) in [6.07, 6.45) is 2.87. The van der Waals surface area contributed by atoms with E-state index in [1.54, 1.807) is 32.0 Å². The largest absolute Gasteiger partial charge is 0.489 e. The van der Waals surface area contributed by atoms with Gasteiger partial charge in [0.05, 0.1) is 11.6 Å². The second-order valence-corrected chi connectivity index (χ2v) is 9.66. The summed E-state index contributed by atoms with van der Waals surface area (Å²) in [5.74, 6) is 0.169. The minimum Gasteiger partial charge on any atom is -0.489 e. The number of ether oxygens (including phenoxy) is 1. The van der Waals surface area contributed by atoms with Crippen LogP contribution in [0.3, 0.4) is 0 Å². The lowest BCUT2D eigenvalue weighted by atomic mass is 9.94. The van der Waals surface area contributed by atoms with E-state index in [4.69, 9.17) is 4.74 Å². The number of hydrogen-bond acceptors (Lipinski definition) is 8. The number of nitrogens with one attached hydrogen (secondary N) is 4. The second kappa shape index (κ2) is 9.06. The van der Waals surface area contributed by atoms with E-state index in [9.17, 15) is 14.0 Å². The van der Waals surface area contributed by atoms with Gasteiger partial charge < -0.3 is 26.0 Å². The molecular formula is C25H26FN7O3. The molecule has 1 saturated carbocycles. The zero-order valence-corrected chi connectivity index (χ0v) is 20.1. The van der Waals surface area contributed by atoms with E-state index in [-0.39, 0.29) is 47.7 Å². The molecular weight excluding hydrogens is 465 g/mol. The van der Waals surface area contributed by atoms with Crippen molar-refractivity contribution in [1.82, 2.24) is 15.0 Å². The van der Waals surface area contributed by atoms with Crippen molar-refractivity contribution in [2.24, 2.45) is 11.3 Å². The molecule has 0 atom stereocenters. The van der Waals surface area contributed by atoms with Gasteiger partial charge in [-0.05, 0) is 69.5 Å². The first-order valence-corrected chi connectivity index (χ1v) is 11.6. The molecule has 3 aromatic rings. The summed E-state index contributed by atoms with van der Waals surface area (Å²) >= 11 is 0. The first-order chi connectivity index (χ1) is 17.2. The van der Waals surface area contributed by atoms with E-state index < -0.39 is 11.2 Å². The monoisotopic (exact) mass is 491 g/mol. The molecule has 1 fully saturated rings. The average Bonchev–Trinajstić information content (AvgIpc) is 3.66. The molecule has 0 unspecified atom stereocenters. The van der Waals surface area contributed by atoms with Crippen molar-refractivity contribution in [2.45, 2.75) is 33.6 Å². The Bertz CT molecular complexity index is 1360. The van der Waals surface area contributed by atoms with Crippen LogP contribution in [-0.4, -0.2) is 33.4 Å². The first kappa shape index (κ1) is 23.5. The van der Waals surface area contributed by atoms with Crippen LogP contribution in [0.25, 0.3) is 0 Å². The molecule has 2 aliphatic rings. The van der Waals surface area contributed by atoms with Crippen molar-refractivity contribution in [2.75, 3.05) is 27.9 Å². The minimum atomic E-state index is -0.718. The Morgan fingerprint density at radius 1 is 1.14 bits per heavy atom. The maximum absolute atomic E-state index is 14.5. The van der Waals surface area contributed by atoms with Gasteiger partial charge in [0.2, 0.25) is 17.8 Å². The molecule has 1 aliphatic heterocycles. The predicted octanol–water partition coefficient (Wildman–Crippen LogP) is 4.51. The van der Waals surface area contributed by atoms with Gasteiger partial charge in [0, 0.05) is 17.3 Å². The van der Waals surface area contributed by atoms with Crippen molar-refractivity contribution in [3.63, 3.8) is 0 Å². The molecule has 2 aromatic heterocycles. The fourth-order valence-electron chi connectivity index (χ4n) is 3.61. The molecule has 0 spiro atoms. The van der Waals surface area contributed by atoms with E-state index in [2.05, 4.69) is 36.2 Å². The highest BCUT2D eigenvalue weighted by Crippen LogP contribution is 2.33. The molecule has 36 heavy (non-hydrogen) atoms. The summed E-state index contributed by atoms with van der Waals surface area (Å²) in [6.45, 7) is 5.66. The van der Waals surface area contributed by atoms with Crippen LogP contribution in [-0.2, 0) is 9.59 Å². The van der Waals surface area contributed by atoms with E-state index in [1.807, 2.05) is 19.1 Å². The number of anilines is 6. The summed E-state index contributed by atoms with van der Waals surface area (Å²) in [4.78, 5) is 37.2. The lowest BCUT2D eigenvalue weighted by molar-refractivity contribution is -0.125. The highest BCUT2D eigenvalue weighted by atomic mass is 19.1. The molecule has 3 heterocycles. The lowest BCUT2D eigenvalue weighted by Gasteiger charge is -2.18. The zero-order valence-electron chi connectivity index (χ0n) is 20.1. The van der Waals surface area contributed by atoms with E-state index >= 15 is 0 Å². The Morgan fingerprint density at radius 3 is 2.69 bits per heavy atom. The molecule has 186 valence electrons. The third kappa shape index (κ3) is 5.19. The SMILES string of the molecule is Cc1cc(NC(=O)C2CC2)cc(Nc2ncc(F)c(Nc3ccc4c(n3)NC(=O)C(C)(C)CO4)n2)c1. The van der Waals surface area contributed by atoms with Gasteiger partial charge in [-0.15, -0.1) is 0 Å². The summed E-state index contributed by atoms with van der Waals surface area (Å²) < 4.78 is 20.2. The maximum atomic E-state index is 14.5. The smallest absolute Gasteiger partial charge is 0.234 e. The number of carbonyl (C=O) groups is 2. The number of benzene rings is 1. The number of aryl methyl sites for hydroxylation is 1. The highest BCUT2D eigenvalue weighted by Gasteiger charge is 2.33. The van der Waals surface area contributed by atoms with Gasteiger partial charge in [-0.3, -0.25) is 9.59 Å². The Balaban J connectivity index is 1.34. The van der Waals surface area contributed by atoms with Crippen molar-refractivity contribution >= 4 is 46.6 Å². The fraction of sp³-hybridized carbons (Fsp3) is 0.320. The minimum absolute atomic E-state index is 0.00877. The maximum Gasteiger partial charge on any atom is 0.234 e. The molecule has 10 nitrogen and oxygen atoms in total. The van der Waals surface area contributed by atoms with Crippen LogP contribution in [0, 0.1) is 24.1 Å². The van der Waals surface area contributed by atoms with Crippen LogP contribution in [0.1, 0.15) is 32.3 Å². The van der Waals surface area contributed by atoms with Crippen LogP contribution < -0.4 is 26.0 Å². The van der Waals surface area contributed by atoms with Gasteiger partial charge in [-0.2, -0.15) is 4.98 Å². The third-order valence-corrected chi connectivity index (χ3v) is 5.83. The standard InChI is InChI=1S/C25H26FN7O3/c1-13-8-15(28-22(34)14-4-5-14)10-16(9-13)29-24-27-11-17(26)20(33-24)30-19-7-6-18-21(31-19)32-23(35)25(2,3)12-36-18/h6-11,14H,4-5,12H2,1-3H3,(H,28,34)(H3,27,29,30,31,32,33,35). The molecule has 1 aliphatic carbocycles. The van der Waals surface area contributed by atoms with E-state index in [0.717, 1.165) is 24.6 Å². The molecule has 4 N–H and O–H groups in total. The number of rotatable bonds is 6. The Hall–Kier alpha value is -4.28. The summed E-state index contributed by atoms with van der Waals surface area (Å²) in [6, 6.07) is 8.76. The van der Waals surface area contributed by atoms with Gasteiger partial charge in [-0.1, -0.05) is 0 Å². The number of pyridine rings is 1. The molecule has 1 aromatic carbocycles. The summed E-state index contributed by atoms with van der Waals surface area (Å²) in [7, 11) is 0. The zero-order chi connectivity index (χ0) is 25.4. The molecule has 11 heteroatoms. The first-order valence-electron chi connectivity index (χ1n) is 11.6. The molecule has 0 saturated heterocycles. The number of carbonyl (C=O) groups excluding carboxylic acids is 2. The number of hydrogen-bond donors (Lipinski definition) is 4. The number of halogens is 1. The topological polar surface area (TPSA) is 130 Å². The number of aromatic nitrogens is 3. The van der Waals surface area contributed by atoms with Crippen LogP contribution in [0.2, 0.25) is 0 Å². The molecule has 0 radical (unpaired) electrons. The third-order valence-electron chi connectivity index (χ3n) is 5.83. The molecule has 5 rings (SSSR count). The number of amides is 2. The Kier molecular flexibility index (Phi) is 5.91. The number of nitrogens with zero attached hydrogens (tertiary/aromatic N) is 3. The van der Waals surface area contributed by atoms with Gasteiger partial charge in [0.15, 0.2) is 23.2 Å². The van der Waals surface area contributed by atoms with Crippen molar-refractivity contribution in [3.05, 3.63) is 47.9 Å². The average molecular weight is 492 g/mol. The lowest BCUT2D eigenvalue weighted by Crippen LogP contribution is -2.33. The molecule has 0 bridgehead atoms. The van der Waals surface area contributed by atoms with Gasteiger partial charge in [-0.25, -0.2) is 14.4 Å². The molecule has 2 amide bonds. The highest BCUT2D eigenvalue weighted by molar-refractivity contribution is 5.96. The van der Waals surface area contributed by atoms with Gasteiger partial charge in [0.25, 0.3) is 0 Å². The number of fused-ring (bicyclic) bond motifs is 1. The van der Waals surface area contributed by atoms with E-state index in [0.29, 0.717) is 17.1 Å². The van der Waals surface area contributed by atoms with Crippen molar-refractivity contribution < 1.29 is 18.7 Å². The van der Waals surface area contributed by atoms with Crippen molar-refractivity contribution in [3.8, 4) is 5.75 Å². The van der Waals surface area contributed by atoms with Crippen LogP contribution >= 0.6 is 0 Å². The Morgan fingerprint density at radius 2 is 1.92 bits per heavy atom. The second-order valence-electron chi connectivity index (χ2n) is 9.66. The summed E-state index contributed by atoms with van der Waals surface area (Å²) in [5.41, 5.74) is 1.51. The summed E-state index contributed by atoms with van der Waals surface area (Å²) in [5, 5.41) is 11.6. The van der Waals surface area contributed by atoms with E-state index in [1.165, 1.54) is 0 Å².